The Morgan fingerprint density at radius 3 is 2.61 bits per heavy atom. The van der Waals surface area contributed by atoms with Crippen LogP contribution in [0.2, 0.25) is 5.02 Å². The Morgan fingerprint density at radius 2 is 1.93 bits per heavy atom. The summed E-state index contributed by atoms with van der Waals surface area (Å²) in [6.45, 7) is 8.56. The summed E-state index contributed by atoms with van der Waals surface area (Å²) in [4.78, 5) is 15.8. The van der Waals surface area contributed by atoms with Gasteiger partial charge in [-0.1, -0.05) is 31.5 Å². The molecule has 1 aromatic carbocycles. The van der Waals surface area contributed by atoms with E-state index in [4.69, 9.17) is 11.6 Å². The van der Waals surface area contributed by atoms with E-state index in [0.717, 1.165) is 35.4 Å². The normalized spacial score (nSPS) is 15.6. The second-order valence-electron chi connectivity index (χ2n) is 8.30. The highest BCUT2D eigenvalue weighted by Crippen LogP contribution is 2.39. The molecule has 0 bridgehead atoms. The minimum absolute atomic E-state index is 0.154. The fourth-order valence-electron chi connectivity index (χ4n) is 4.49. The molecule has 0 amide bonds. The van der Waals surface area contributed by atoms with Gasteiger partial charge in [0, 0.05) is 29.7 Å². The van der Waals surface area contributed by atoms with Crippen molar-refractivity contribution in [3.63, 3.8) is 0 Å². The Bertz CT molecular complexity index is 1090. The Labute approximate surface area is 170 Å². The molecule has 0 aliphatic carbocycles. The van der Waals surface area contributed by atoms with Crippen LogP contribution in [0, 0.1) is 6.92 Å². The predicted octanol–water partition coefficient (Wildman–Crippen LogP) is 5.09. The Hall–Kier alpha value is -2.04. The van der Waals surface area contributed by atoms with Gasteiger partial charge in [0.2, 0.25) is 0 Å². The summed E-state index contributed by atoms with van der Waals surface area (Å²) in [6.07, 6.45) is 4.28. The molecule has 1 aliphatic rings. The summed E-state index contributed by atoms with van der Waals surface area (Å²) in [5.41, 5.74) is 6.61. The Kier molecular flexibility index (Phi) is 5.11. The number of halogens is 1. The third-order valence-corrected chi connectivity index (χ3v) is 6.53. The number of aromatic nitrogens is 2. The van der Waals surface area contributed by atoms with E-state index in [2.05, 4.69) is 42.3 Å². The van der Waals surface area contributed by atoms with Crippen molar-refractivity contribution in [2.75, 3.05) is 13.1 Å². The summed E-state index contributed by atoms with van der Waals surface area (Å²) in [6, 6.07) is 6.85. The molecule has 2 N–H and O–H groups in total. The largest absolute Gasteiger partial charge is 0.354 e. The van der Waals surface area contributed by atoms with Gasteiger partial charge < -0.3 is 14.9 Å². The van der Waals surface area contributed by atoms with Gasteiger partial charge in [0.05, 0.1) is 5.69 Å². The number of H-pyrrole nitrogens is 1. The zero-order chi connectivity index (χ0) is 20.0. The number of nitrogens with one attached hydrogen (secondary N) is 2. The molecule has 4 nitrogen and oxygen atoms in total. The van der Waals surface area contributed by atoms with Crippen molar-refractivity contribution in [3.05, 3.63) is 56.5 Å². The van der Waals surface area contributed by atoms with E-state index in [0.29, 0.717) is 16.9 Å². The number of rotatable bonds is 3. The lowest BCUT2D eigenvalue weighted by Crippen LogP contribution is -2.26. The number of hydrogen-bond donors (Lipinski definition) is 2. The van der Waals surface area contributed by atoms with Crippen LogP contribution in [0.3, 0.4) is 0 Å². The van der Waals surface area contributed by atoms with Crippen molar-refractivity contribution in [2.45, 2.75) is 45.4 Å². The number of aromatic amines is 1. The molecule has 5 heteroatoms. The highest BCUT2D eigenvalue weighted by atomic mass is 35.5. The van der Waals surface area contributed by atoms with Crippen molar-refractivity contribution in [1.29, 1.82) is 0 Å². The fourth-order valence-corrected chi connectivity index (χ4v) is 4.72. The highest BCUT2D eigenvalue weighted by molar-refractivity contribution is 6.31. The molecule has 0 unspecified atom stereocenters. The second kappa shape index (κ2) is 7.41. The van der Waals surface area contributed by atoms with Crippen molar-refractivity contribution in [3.8, 4) is 11.3 Å². The fraction of sp³-hybridized carbons (Fsp3) is 0.435. The molecule has 0 saturated carbocycles. The number of pyridine rings is 1. The van der Waals surface area contributed by atoms with Gasteiger partial charge in [-0.15, -0.1) is 0 Å². The van der Waals surface area contributed by atoms with Crippen LogP contribution in [0.4, 0.5) is 0 Å². The lowest BCUT2D eigenvalue weighted by atomic mass is 9.88. The van der Waals surface area contributed by atoms with E-state index in [1.807, 2.05) is 13.1 Å². The van der Waals surface area contributed by atoms with Crippen LogP contribution in [0.25, 0.3) is 22.2 Å². The smallest absolute Gasteiger partial charge is 0.269 e. The maximum atomic E-state index is 12.2. The number of piperidine rings is 1. The molecule has 0 spiro atoms. The van der Waals surface area contributed by atoms with Gasteiger partial charge in [-0.25, -0.2) is 0 Å². The first-order valence-electron chi connectivity index (χ1n) is 10.1. The van der Waals surface area contributed by atoms with Crippen molar-refractivity contribution in [2.24, 2.45) is 7.05 Å². The van der Waals surface area contributed by atoms with E-state index in [1.165, 1.54) is 29.4 Å². The van der Waals surface area contributed by atoms with Gasteiger partial charge in [0.25, 0.3) is 5.56 Å². The maximum absolute atomic E-state index is 12.2. The van der Waals surface area contributed by atoms with Crippen LogP contribution < -0.4 is 10.9 Å². The van der Waals surface area contributed by atoms with Gasteiger partial charge in [0.1, 0.15) is 5.02 Å². The first-order valence-corrected chi connectivity index (χ1v) is 10.5. The molecular formula is C23H28ClN3O. The molecule has 0 radical (unpaired) electrons. The topological polar surface area (TPSA) is 49.8 Å². The molecule has 148 valence electrons. The molecule has 2 aromatic heterocycles. The predicted molar refractivity (Wildman–Crippen MR) is 118 cm³/mol. The van der Waals surface area contributed by atoms with Gasteiger partial charge >= 0.3 is 0 Å². The summed E-state index contributed by atoms with van der Waals surface area (Å²) >= 11 is 6.34. The minimum Gasteiger partial charge on any atom is -0.354 e. The summed E-state index contributed by atoms with van der Waals surface area (Å²) in [5, 5.41) is 5.03. The summed E-state index contributed by atoms with van der Waals surface area (Å²) < 4.78 is 1.57. The lowest BCUT2D eigenvalue weighted by Gasteiger charge is -2.23. The molecule has 0 atom stereocenters. The Morgan fingerprint density at radius 1 is 1.21 bits per heavy atom. The highest BCUT2D eigenvalue weighted by Gasteiger charge is 2.22. The summed E-state index contributed by atoms with van der Waals surface area (Å²) in [5.74, 6) is 0.972. The number of aryl methyl sites for hydroxylation is 1. The Balaban J connectivity index is 1.93. The standard InChI is InChI=1S/C23H28ClN3O/c1-13(2)20-17-11-16(15-7-9-25-10-8-15)5-6-19(17)26-22(20)18-12-27(4)23(28)21(24)14(18)3/h5-6,11-13,15,25-26H,7-10H2,1-4H3. The van der Waals surface area contributed by atoms with E-state index in [1.54, 1.807) is 11.6 Å². The SMILES string of the molecule is Cc1c(-c2[nH]c3ccc(C4CCNCC4)cc3c2C(C)C)cn(C)c(=O)c1Cl. The van der Waals surface area contributed by atoms with Crippen molar-refractivity contribution in [1.82, 2.24) is 14.9 Å². The first kappa shape index (κ1) is 19.3. The molecular weight excluding hydrogens is 370 g/mol. The molecule has 28 heavy (non-hydrogen) atoms. The average Bonchev–Trinajstić information content (AvgIpc) is 3.08. The average molecular weight is 398 g/mol. The molecule has 1 saturated heterocycles. The second-order valence-corrected chi connectivity index (χ2v) is 8.67. The maximum Gasteiger partial charge on any atom is 0.269 e. The van der Waals surface area contributed by atoms with Crippen LogP contribution in [0.1, 0.15) is 55.2 Å². The quantitative estimate of drug-likeness (QED) is 0.647. The monoisotopic (exact) mass is 397 g/mol. The molecule has 3 heterocycles. The van der Waals surface area contributed by atoms with Crippen molar-refractivity contribution >= 4 is 22.5 Å². The van der Waals surface area contributed by atoms with Crippen LogP contribution in [0.15, 0.2) is 29.2 Å². The first-order chi connectivity index (χ1) is 13.4. The van der Waals surface area contributed by atoms with E-state index < -0.39 is 0 Å². The van der Waals surface area contributed by atoms with Crippen LogP contribution in [0.5, 0.6) is 0 Å². The van der Waals surface area contributed by atoms with E-state index in [-0.39, 0.29) is 5.56 Å². The van der Waals surface area contributed by atoms with Gasteiger partial charge in [-0.05, 0) is 73.5 Å². The van der Waals surface area contributed by atoms with Gasteiger partial charge in [-0.3, -0.25) is 4.79 Å². The number of nitrogens with zero attached hydrogens (tertiary/aromatic N) is 1. The van der Waals surface area contributed by atoms with Crippen molar-refractivity contribution < 1.29 is 0 Å². The van der Waals surface area contributed by atoms with E-state index in [9.17, 15) is 4.79 Å². The zero-order valence-corrected chi connectivity index (χ0v) is 17.8. The van der Waals surface area contributed by atoms with Gasteiger partial charge in [-0.2, -0.15) is 0 Å². The molecule has 1 fully saturated rings. The molecule has 1 aliphatic heterocycles. The third-order valence-electron chi connectivity index (χ3n) is 6.08. The lowest BCUT2D eigenvalue weighted by molar-refractivity contribution is 0.460. The number of fused-ring (bicyclic) bond motifs is 1. The number of benzene rings is 1. The van der Waals surface area contributed by atoms with Crippen LogP contribution in [-0.2, 0) is 7.05 Å². The van der Waals surface area contributed by atoms with Crippen LogP contribution >= 0.6 is 11.6 Å². The minimum atomic E-state index is -0.154. The molecule has 3 aromatic rings. The zero-order valence-electron chi connectivity index (χ0n) is 17.0. The van der Waals surface area contributed by atoms with E-state index >= 15 is 0 Å². The molecule has 4 rings (SSSR count). The van der Waals surface area contributed by atoms with Gasteiger partial charge in [0.15, 0.2) is 0 Å². The summed E-state index contributed by atoms with van der Waals surface area (Å²) in [7, 11) is 1.75. The number of hydrogen-bond acceptors (Lipinski definition) is 2. The third kappa shape index (κ3) is 3.19. The van der Waals surface area contributed by atoms with Crippen LogP contribution in [-0.4, -0.2) is 22.6 Å².